The lowest BCUT2D eigenvalue weighted by atomic mass is 9.92. The highest BCUT2D eigenvalue weighted by molar-refractivity contribution is 4.94. The summed E-state index contributed by atoms with van der Waals surface area (Å²) in [6.45, 7) is 5.50. The Morgan fingerprint density at radius 1 is 1.50 bits per heavy atom. The van der Waals surface area contributed by atoms with Gasteiger partial charge in [-0.15, -0.1) is 0 Å². The van der Waals surface area contributed by atoms with Crippen molar-refractivity contribution in [1.82, 2.24) is 0 Å². The lowest BCUT2D eigenvalue weighted by molar-refractivity contribution is 0.371. The molecule has 10 heavy (non-hydrogen) atoms. The van der Waals surface area contributed by atoms with Crippen molar-refractivity contribution in [2.45, 2.75) is 39.5 Å². The fourth-order valence-corrected chi connectivity index (χ4v) is 1.55. The van der Waals surface area contributed by atoms with E-state index in [4.69, 9.17) is 5.73 Å². The second kappa shape index (κ2) is 2.91. The summed E-state index contributed by atoms with van der Waals surface area (Å²) in [5.41, 5.74) is 6.26. The molecule has 0 aliphatic heterocycles. The highest BCUT2D eigenvalue weighted by Gasteiger charge is 2.41. The second-order valence-electron chi connectivity index (χ2n) is 3.92. The Morgan fingerprint density at radius 3 is 2.40 bits per heavy atom. The smallest absolute Gasteiger partial charge is 0.00204 e. The SMILES string of the molecule is CCC(C)CC1(CN)CC1. The highest BCUT2D eigenvalue weighted by Crippen LogP contribution is 2.49. The molecule has 0 radical (unpaired) electrons. The van der Waals surface area contributed by atoms with Crippen molar-refractivity contribution < 1.29 is 0 Å². The molecule has 0 aromatic rings. The van der Waals surface area contributed by atoms with Crippen molar-refractivity contribution >= 4 is 0 Å². The van der Waals surface area contributed by atoms with Gasteiger partial charge in [0.1, 0.15) is 0 Å². The molecule has 1 nitrogen and oxygen atoms in total. The zero-order valence-electron chi connectivity index (χ0n) is 7.19. The summed E-state index contributed by atoms with van der Waals surface area (Å²) in [6, 6.07) is 0. The van der Waals surface area contributed by atoms with Crippen LogP contribution in [0.1, 0.15) is 39.5 Å². The van der Waals surface area contributed by atoms with Crippen LogP contribution in [0.4, 0.5) is 0 Å². The number of rotatable bonds is 4. The summed E-state index contributed by atoms with van der Waals surface area (Å²) >= 11 is 0. The molecule has 0 saturated heterocycles. The topological polar surface area (TPSA) is 26.0 Å². The van der Waals surface area contributed by atoms with Crippen molar-refractivity contribution in [1.29, 1.82) is 0 Å². The Kier molecular flexibility index (Phi) is 2.35. The zero-order chi connectivity index (χ0) is 7.61. The number of nitrogens with two attached hydrogens (primary N) is 1. The van der Waals surface area contributed by atoms with Crippen molar-refractivity contribution in [3.05, 3.63) is 0 Å². The molecule has 1 aliphatic carbocycles. The van der Waals surface area contributed by atoms with Crippen LogP contribution in [0.3, 0.4) is 0 Å². The second-order valence-corrected chi connectivity index (χ2v) is 3.92. The lowest BCUT2D eigenvalue weighted by Gasteiger charge is -2.16. The molecule has 60 valence electrons. The Balaban J connectivity index is 2.23. The summed E-state index contributed by atoms with van der Waals surface area (Å²) in [6.07, 6.45) is 5.43. The molecule has 1 unspecified atom stereocenters. The van der Waals surface area contributed by atoms with Gasteiger partial charge in [-0.25, -0.2) is 0 Å². The molecule has 0 heterocycles. The zero-order valence-corrected chi connectivity index (χ0v) is 7.19. The van der Waals surface area contributed by atoms with Gasteiger partial charge >= 0.3 is 0 Å². The van der Waals surface area contributed by atoms with E-state index in [0.717, 1.165) is 12.5 Å². The third-order valence-electron chi connectivity index (χ3n) is 2.87. The standard InChI is InChI=1S/C9H19N/c1-3-8(2)6-9(7-10)4-5-9/h8H,3-7,10H2,1-2H3. The van der Waals surface area contributed by atoms with E-state index in [1.807, 2.05) is 0 Å². The van der Waals surface area contributed by atoms with Crippen molar-refractivity contribution in [2.75, 3.05) is 6.54 Å². The van der Waals surface area contributed by atoms with Crippen LogP contribution in [0.25, 0.3) is 0 Å². The van der Waals surface area contributed by atoms with Crippen LogP contribution >= 0.6 is 0 Å². The molecule has 0 amide bonds. The van der Waals surface area contributed by atoms with Gasteiger partial charge in [0.25, 0.3) is 0 Å². The van der Waals surface area contributed by atoms with E-state index in [0.29, 0.717) is 5.41 Å². The third-order valence-corrected chi connectivity index (χ3v) is 2.87. The maximum atomic E-state index is 5.67. The first kappa shape index (κ1) is 8.06. The molecule has 1 aliphatic rings. The van der Waals surface area contributed by atoms with E-state index in [9.17, 15) is 0 Å². The van der Waals surface area contributed by atoms with Crippen LogP contribution < -0.4 is 5.73 Å². The minimum Gasteiger partial charge on any atom is -0.330 e. The maximum Gasteiger partial charge on any atom is -0.00204 e. The summed E-state index contributed by atoms with van der Waals surface area (Å²) in [5.74, 6) is 0.881. The average Bonchev–Trinajstić information content (AvgIpc) is 2.70. The predicted molar refractivity (Wildman–Crippen MR) is 44.8 cm³/mol. The normalized spacial score (nSPS) is 24.3. The molecule has 1 heteroatoms. The minimum absolute atomic E-state index is 0.593. The molecular weight excluding hydrogens is 122 g/mol. The summed E-state index contributed by atoms with van der Waals surface area (Å²) in [5, 5.41) is 0. The first-order valence-corrected chi connectivity index (χ1v) is 4.42. The van der Waals surface area contributed by atoms with Gasteiger partial charge in [0.05, 0.1) is 0 Å². The molecule has 2 N–H and O–H groups in total. The molecule has 1 rings (SSSR count). The van der Waals surface area contributed by atoms with Crippen LogP contribution in [0.2, 0.25) is 0 Å². The minimum atomic E-state index is 0.593. The molecule has 1 atom stereocenters. The van der Waals surface area contributed by atoms with E-state index in [-0.39, 0.29) is 0 Å². The lowest BCUT2D eigenvalue weighted by Crippen LogP contribution is -2.17. The van der Waals surface area contributed by atoms with Crippen molar-refractivity contribution in [2.24, 2.45) is 17.1 Å². The molecule has 0 bridgehead atoms. The van der Waals surface area contributed by atoms with Crippen molar-refractivity contribution in [3.8, 4) is 0 Å². The third kappa shape index (κ3) is 1.72. The highest BCUT2D eigenvalue weighted by atomic mass is 14.7. The van der Waals surface area contributed by atoms with Gasteiger partial charge in [-0.1, -0.05) is 20.3 Å². The fraction of sp³-hybridized carbons (Fsp3) is 1.00. The average molecular weight is 141 g/mol. The van der Waals surface area contributed by atoms with Gasteiger partial charge in [0.15, 0.2) is 0 Å². The van der Waals surface area contributed by atoms with Gasteiger partial charge in [-0.2, -0.15) is 0 Å². The summed E-state index contributed by atoms with van der Waals surface area (Å²) in [4.78, 5) is 0. The molecule has 0 aromatic carbocycles. The summed E-state index contributed by atoms with van der Waals surface area (Å²) < 4.78 is 0. The molecule has 1 fully saturated rings. The molecule has 1 saturated carbocycles. The quantitative estimate of drug-likeness (QED) is 0.638. The van der Waals surface area contributed by atoms with Crippen LogP contribution in [-0.2, 0) is 0 Å². The van der Waals surface area contributed by atoms with Crippen LogP contribution in [0.15, 0.2) is 0 Å². The molecule has 0 aromatic heterocycles. The Labute approximate surface area is 64.0 Å². The van der Waals surface area contributed by atoms with Crippen LogP contribution in [-0.4, -0.2) is 6.54 Å². The Morgan fingerprint density at radius 2 is 2.10 bits per heavy atom. The number of hydrogen-bond acceptors (Lipinski definition) is 1. The Hall–Kier alpha value is -0.0400. The van der Waals surface area contributed by atoms with Crippen molar-refractivity contribution in [3.63, 3.8) is 0 Å². The number of hydrogen-bond donors (Lipinski definition) is 1. The van der Waals surface area contributed by atoms with E-state index in [2.05, 4.69) is 13.8 Å². The van der Waals surface area contributed by atoms with Gasteiger partial charge in [-0.05, 0) is 37.1 Å². The Bertz CT molecular complexity index is 105. The van der Waals surface area contributed by atoms with Gasteiger partial charge < -0.3 is 5.73 Å². The first-order valence-electron chi connectivity index (χ1n) is 4.42. The van der Waals surface area contributed by atoms with Crippen LogP contribution in [0, 0.1) is 11.3 Å². The maximum absolute atomic E-state index is 5.67. The fourth-order valence-electron chi connectivity index (χ4n) is 1.55. The molecule has 0 spiro atoms. The first-order chi connectivity index (χ1) is 4.72. The monoisotopic (exact) mass is 141 g/mol. The van der Waals surface area contributed by atoms with Gasteiger partial charge in [-0.3, -0.25) is 0 Å². The predicted octanol–water partition coefficient (Wildman–Crippen LogP) is 2.16. The van der Waals surface area contributed by atoms with E-state index < -0.39 is 0 Å². The van der Waals surface area contributed by atoms with E-state index >= 15 is 0 Å². The summed E-state index contributed by atoms with van der Waals surface area (Å²) in [7, 11) is 0. The largest absolute Gasteiger partial charge is 0.330 e. The van der Waals surface area contributed by atoms with E-state index in [1.165, 1.54) is 25.7 Å². The van der Waals surface area contributed by atoms with Gasteiger partial charge in [0.2, 0.25) is 0 Å². The molecular formula is C9H19N. The van der Waals surface area contributed by atoms with Gasteiger partial charge in [0, 0.05) is 0 Å². The van der Waals surface area contributed by atoms with E-state index in [1.54, 1.807) is 0 Å². The van der Waals surface area contributed by atoms with Crippen LogP contribution in [0.5, 0.6) is 0 Å².